The maximum atomic E-state index is 12.3. The van der Waals surface area contributed by atoms with Crippen molar-refractivity contribution in [3.63, 3.8) is 0 Å². The summed E-state index contributed by atoms with van der Waals surface area (Å²) in [4.78, 5) is 12.9. The zero-order chi connectivity index (χ0) is 16.4. The zero-order valence-corrected chi connectivity index (χ0v) is 14.4. The monoisotopic (exact) mass is 366 g/mol. The molecule has 2 aromatic carbocycles. The quantitative estimate of drug-likeness (QED) is 0.640. The largest absolute Gasteiger partial charge is 0.497 e. The second kappa shape index (κ2) is 6.66. The Bertz CT molecular complexity index is 859. The molecule has 0 aliphatic rings. The minimum absolute atomic E-state index is 0.263. The third-order valence-electron chi connectivity index (χ3n) is 3.21. The van der Waals surface area contributed by atoms with Gasteiger partial charge < -0.3 is 4.74 Å². The molecule has 3 aromatic rings. The van der Waals surface area contributed by atoms with Gasteiger partial charge in [0.2, 0.25) is 0 Å². The summed E-state index contributed by atoms with van der Waals surface area (Å²) in [5.41, 5.74) is 5.84. The van der Waals surface area contributed by atoms with E-state index < -0.39 is 0 Å². The van der Waals surface area contributed by atoms with E-state index in [9.17, 15) is 4.79 Å². The fourth-order valence-corrected chi connectivity index (χ4v) is 3.49. The summed E-state index contributed by atoms with van der Waals surface area (Å²) in [6.07, 6.45) is 0. The summed E-state index contributed by atoms with van der Waals surface area (Å²) in [5, 5.41) is 1.81. The Labute approximate surface area is 146 Å². The van der Waals surface area contributed by atoms with Gasteiger partial charge in [0.15, 0.2) is 0 Å². The van der Waals surface area contributed by atoms with Gasteiger partial charge >= 0.3 is 0 Å². The molecule has 0 aliphatic heterocycles. The molecule has 0 radical (unpaired) electrons. The highest BCUT2D eigenvalue weighted by Gasteiger charge is 2.12. The van der Waals surface area contributed by atoms with Crippen LogP contribution in [0.2, 0.25) is 10.0 Å². The maximum absolute atomic E-state index is 12.3. The first-order chi connectivity index (χ1) is 11.1. The molecule has 0 aliphatic carbocycles. The zero-order valence-electron chi connectivity index (χ0n) is 12.0. The minimum atomic E-state index is -0.263. The van der Waals surface area contributed by atoms with Gasteiger partial charge in [-0.3, -0.25) is 15.6 Å². The normalized spacial score (nSPS) is 10.6. The number of hydrogen-bond acceptors (Lipinski definition) is 4. The van der Waals surface area contributed by atoms with Crippen molar-refractivity contribution in [3.05, 3.63) is 57.4 Å². The lowest BCUT2D eigenvalue weighted by molar-refractivity contribution is 0.0967. The lowest BCUT2D eigenvalue weighted by Gasteiger charge is -2.10. The van der Waals surface area contributed by atoms with Gasteiger partial charge in [-0.2, -0.15) is 0 Å². The number of nitrogens with one attached hydrogen (secondary N) is 2. The first kappa shape index (κ1) is 15.9. The number of amides is 1. The highest BCUT2D eigenvalue weighted by atomic mass is 35.5. The molecule has 118 valence electrons. The molecule has 0 spiro atoms. The Balaban J connectivity index is 1.78. The van der Waals surface area contributed by atoms with Crippen molar-refractivity contribution < 1.29 is 9.53 Å². The molecule has 23 heavy (non-hydrogen) atoms. The van der Waals surface area contributed by atoms with Crippen LogP contribution in [0.5, 0.6) is 5.75 Å². The molecule has 1 amide bonds. The molecule has 0 saturated carbocycles. The minimum Gasteiger partial charge on any atom is -0.497 e. The van der Waals surface area contributed by atoms with Crippen LogP contribution < -0.4 is 15.6 Å². The lowest BCUT2D eigenvalue weighted by atomic mass is 10.2. The second-order valence-electron chi connectivity index (χ2n) is 4.69. The number of carbonyl (C=O) groups is 1. The van der Waals surface area contributed by atoms with Crippen LogP contribution in [-0.2, 0) is 0 Å². The molecule has 0 unspecified atom stereocenters. The molecule has 3 rings (SSSR count). The third-order valence-corrected chi connectivity index (χ3v) is 4.96. The molecule has 1 aromatic heterocycles. The van der Waals surface area contributed by atoms with E-state index in [2.05, 4.69) is 10.9 Å². The standard InChI is InChI=1S/C16H12Cl2N2O2S/c1-22-10-5-6-13-9(7-10)8-14(23-13)16(21)20-19-15-11(17)3-2-4-12(15)18/h2-8,19H,1H3,(H,20,21). The van der Waals surface area contributed by atoms with Crippen molar-refractivity contribution in [1.29, 1.82) is 0 Å². The average Bonchev–Trinajstić information content (AvgIpc) is 2.97. The molecule has 0 bridgehead atoms. The Morgan fingerprint density at radius 2 is 1.87 bits per heavy atom. The van der Waals surface area contributed by atoms with Crippen molar-refractivity contribution >= 4 is 56.2 Å². The molecule has 1 heterocycles. The van der Waals surface area contributed by atoms with E-state index in [1.54, 1.807) is 25.3 Å². The summed E-state index contributed by atoms with van der Waals surface area (Å²) in [6, 6.07) is 12.6. The number of fused-ring (bicyclic) bond motifs is 1. The molecule has 7 heteroatoms. The third kappa shape index (κ3) is 3.37. The predicted octanol–water partition coefficient (Wildman–Crippen LogP) is 4.97. The van der Waals surface area contributed by atoms with Crippen molar-refractivity contribution in [2.24, 2.45) is 0 Å². The number of para-hydroxylation sites is 1. The molecule has 2 N–H and O–H groups in total. The van der Waals surface area contributed by atoms with Crippen molar-refractivity contribution in [2.45, 2.75) is 0 Å². The molecule has 0 atom stereocenters. The van der Waals surface area contributed by atoms with Gasteiger partial charge in [-0.1, -0.05) is 29.3 Å². The highest BCUT2D eigenvalue weighted by molar-refractivity contribution is 7.20. The molecule has 0 saturated heterocycles. The number of rotatable bonds is 4. The number of benzene rings is 2. The smallest absolute Gasteiger partial charge is 0.279 e. The molecular weight excluding hydrogens is 355 g/mol. The number of ether oxygens (including phenoxy) is 1. The summed E-state index contributed by atoms with van der Waals surface area (Å²) >= 11 is 13.5. The summed E-state index contributed by atoms with van der Waals surface area (Å²) in [6.45, 7) is 0. The Hall–Kier alpha value is -1.95. The highest BCUT2D eigenvalue weighted by Crippen LogP contribution is 2.30. The van der Waals surface area contributed by atoms with E-state index in [-0.39, 0.29) is 5.91 Å². The number of halogens is 2. The van der Waals surface area contributed by atoms with Crippen LogP contribution in [0.3, 0.4) is 0 Å². The van der Waals surface area contributed by atoms with E-state index in [1.165, 1.54) is 11.3 Å². The van der Waals surface area contributed by atoms with Crippen LogP contribution in [0.4, 0.5) is 5.69 Å². The number of hydrazine groups is 1. The van der Waals surface area contributed by atoms with Gasteiger partial charge in [-0.05, 0) is 41.8 Å². The Kier molecular flexibility index (Phi) is 4.61. The van der Waals surface area contributed by atoms with Gasteiger partial charge in [0, 0.05) is 4.70 Å². The van der Waals surface area contributed by atoms with Crippen LogP contribution in [0.25, 0.3) is 10.1 Å². The number of hydrogen-bond donors (Lipinski definition) is 2. The van der Waals surface area contributed by atoms with E-state index in [1.807, 2.05) is 24.3 Å². The van der Waals surface area contributed by atoms with E-state index >= 15 is 0 Å². The topological polar surface area (TPSA) is 50.4 Å². The average molecular weight is 367 g/mol. The fraction of sp³-hybridized carbons (Fsp3) is 0.0625. The van der Waals surface area contributed by atoms with Gasteiger partial charge in [-0.15, -0.1) is 11.3 Å². The SMILES string of the molecule is COc1ccc2sc(C(=O)NNc3c(Cl)cccc3Cl)cc2c1. The maximum Gasteiger partial charge on any atom is 0.279 e. The van der Waals surface area contributed by atoms with Crippen LogP contribution >= 0.6 is 34.5 Å². The summed E-state index contributed by atoms with van der Waals surface area (Å²) in [5.74, 6) is 0.490. The van der Waals surface area contributed by atoms with E-state index in [4.69, 9.17) is 27.9 Å². The summed E-state index contributed by atoms with van der Waals surface area (Å²) < 4.78 is 6.19. The molecule has 4 nitrogen and oxygen atoms in total. The number of methoxy groups -OCH3 is 1. The molecular formula is C16H12Cl2N2O2S. The van der Waals surface area contributed by atoms with Crippen LogP contribution in [0, 0.1) is 0 Å². The van der Waals surface area contributed by atoms with Crippen molar-refractivity contribution in [3.8, 4) is 5.75 Å². The van der Waals surface area contributed by atoms with Gasteiger partial charge in [0.05, 0.1) is 27.7 Å². The van der Waals surface area contributed by atoms with Crippen LogP contribution in [-0.4, -0.2) is 13.0 Å². The van der Waals surface area contributed by atoms with Crippen LogP contribution in [0.15, 0.2) is 42.5 Å². The van der Waals surface area contributed by atoms with Crippen molar-refractivity contribution in [2.75, 3.05) is 12.5 Å². The Morgan fingerprint density at radius 3 is 2.57 bits per heavy atom. The fourth-order valence-electron chi connectivity index (χ4n) is 2.06. The predicted molar refractivity (Wildman–Crippen MR) is 95.9 cm³/mol. The first-order valence-electron chi connectivity index (χ1n) is 6.66. The number of anilines is 1. The van der Waals surface area contributed by atoms with Gasteiger partial charge in [-0.25, -0.2) is 0 Å². The van der Waals surface area contributed by atoms with Gasteiger partial charge in [0.1, 0.15) is 5.75 Å². The lowest BCUT2D eigenvalue weighted by Crippen LogP contribution is -2.28. The van der Waals surface area contributed by atoms with E-state index in [0.29, 0.717) is 20.6 Å². The second-order valence-corrected chi connectivity index (χ2v) is 6.59. The van der Waals surface area contributed by atoms with Crippen LogP contribution in [0.1, 0.15) is 9.67 Å². The first-order valence-corrected chi connectivity index (χ1v) is 8.23. The number of carbonyl (C=O) groups excluding carboxylic acids is 1. The summed E-state index contributed by atoms with van der Waals surface area (Å²) in [7, 11) is 1.61. The van der Waals surface area contributed by atoms with E-state index in [0.717, 1.165) is 15.8 Å². The van der Waals surface area contributed by atoms with Gasteiger partial charge in [0.25, 0.3) is 5.91 Å². The van der Waals surface area contributed by atoms with Crippen molar-refractivity contribution in [1.82, 2.24) is 5.43 Å². The number of thiophene rings is 1. The Morgan fingerprint density at radius 1 is 1.13 bits per heavy atom. The molecule has 0 fully saturated rings.